The Hall–Kier alpha value is -1.95. The van der Waals surface area contributed by atoms with E-state index in [9.17, 15) is 13.2 Å². The normalized spacial score (nSPS) is 11.8. The van der Waals surface area contributed by atoms with Gasteiger partial charge in [-0.2, -0.15) is 0 Å². The Labute approximate surface area is 124 Å². The molecule has 0 unspecified atom stereocenters. The molecule has 2 aromatic carbocycles. The highest BCUT2D eigenvalue weighted by Crippen LogP contribution is 2.24. The summed E-state index contributed by atoms with van der Waals surface area (Å²) in [5.74, 6) is -0.259. The minimum Gasteiger partial charge on any atom is -0.406 e. The van der Waals surface area contributed by atoms with Crippen LogP contribution in [0.25, 0.3) is 0 Å². The average Bonchev–Trinajstić information content (AvgIpc) is 2.45. The lowest BCUT2D eigenvalue weighted by Gasteiger charge is -2.08. The fourth-order valence-electron chi connectivity index (χ4n) is 1.57. The van der Waals surface area contributed by atoms with Gasteiger partial charge in [0.1, 0.15) is 5.75 Å². The summed E-state index contributed by atoms with van der Waals surface area (Å²) < 4.78 is 39.8. The molecular weight excluding hydrogens is 299 g/mol. The van der Waals surface area contributed by atoms with Crippen molar-refractivity contribution in [2.45, 2.75) is 11.3 Å². The van der Waals surface area contributed by atoms with Gasteiger partial charge < -0.3 is 4.74 Å². The van der Waals surface area contributed by atoms with Crippen LogP contribution in [-0.4, -0.2) is 18.8 Å². The van der Waals surface area contributed by atoms with Crippen molar-refractivity contribution in [3.63, 3.8) is 0 Å². The second kappa shape index (κ2) is 6.67. The van der Waals surface area contributed by atoms with Gasteiger partial charge in [-0.05, 0) is 48.2 Å². The van der Waals surface area contributed by atoms with Crippen molar-refractivity contribution in [3.8, 4) is 5.75 Å². The summed E-state index contributed by atoms with van der Waals surface area (Å²) >= 11 is 1.65. The maximum absolute atomic E-state index is 12.0. The number of benzene rings is 2. The van der Waals surface area contributed by atoms with Gasteiger partial charge in [0.15, 0.2) is 0 Å². The first-order valence-electron chi connectivity index (χ1n) is 6.00. The van der Waals surface area contributed by atoms with Crippen LogP contribution in [0.2, 0.25) is 0 Å². The largest absolute Gasteiger partial charge is 0.573 e. The second-order valence-electron chi connectivity index (χ2n) is 4.07. The minimum atomic E-state index is -4.68. The van der Waals surface area contributed by atoms with Crippen molar-refractivity contribution in [1.82, 2.24) is 0 Å². The zero-order chi connectivity index (χ0) is 15.3. The summed E-state index contributed by atoms with van der Waals surface area (Å²) in [6.45, 7) is 0. The molecule has 21 heavy (non-hydrogen) atoms. The van der Waals surface area contributed by atoms with Gasteiger partial charge in [-0.15, -0.1) is 24.9 Å². The zero-order valence-electron chi connectivity index (χ0n) is 11.1. The van der Waals surface area contributed by atoms with Crippen LogP contribution in [0.5, 0.6) is 5.75 Å². The topological polar surface area (TPSA) is 21.6 Å². The van der Waals surface area contributed by atoms with Crippen LogP contribution >= 0.6 is 11.8 Å². The fourth-order valence-corrected chi connectivity index (χ4v) is 1.98. The van der Waals surface area contributed by atoms with Crippen LogP contribution in [0.1, 0.15) is 5.56 Å². The van der Waals surface area contributed by atoms with Gasteiger partial charge in [0, 0.05) is 11.1 Å². The van der Waals surface area contributed by atoms with E-state index in [1.54, 1.807) is 18.0 Å². The third kappa shape index (κ3) is 5.15. The number of hydrogen-bond acceptors (Lipinski definition) is 3. The van der Waals surface area contributed by atoms with Gasteiger partial charge in [-0.3, -0.25) is 4.99 Å². The molecule has 6 heteroatoms. The van der Waals surface area contributed by atoms with E-state index in [0.29, 0.717) is 5.69 Å². The van der Waals surface area contributed by atoms with E-state index >= 15 is 0 Å². The van der Waals surface area contributed by atoms with Crippen LogP contribution in [-0.2, 0) is 0 Å². The number of alkyl halides is 3. The quantitative estimate of drug-likeness (QED) is 0.581. The van der Waals surface area contributed by atoms with Crippen molar-refractivity contribution in [2.24, 2.45) is 4.99 Å². The molecule has 0 atom stereocenters. The molecule has 0 aliphatic carbocycles. The highest BCUT2D eigenvalue weighted by atomic mass is 32.2. The Morgan fingerprint density at radius 3 is 2.14 bits per heavy atom. The zero-order valence-corrected chi connectivity index (χ0v) is 11.9. The molecule has 0 aliphatic heterocycles. The third-order valence-electron chi connectivity index (χ3n) is 2.55. The molecule has 0 saturated carbocycles. The number of ether oxygens (including phenoxy) is 1. The van der Waals surface area contributed by atoms with Crippen LogP contribution < -0.4 is 4.74 Å². The van der Waals surface area contributed by atoms with Gasteiger partial charge in [0.05, 0.1) is 5.69 Å². The Morgan fingerprint density at radius 2 is 1.62 bits per heavy atom. The predicted octanol–water partition coefficient (Wildman–Crippen LogP) is 5.06. The van der Waals surface area contributed by atoms with Crippen molar-refractivity contribution in [2.75, 3.05) is 6.26 Å². The first-order valence-corrected chi connectivity index (χ1v) is 7.23. The van der Waals surface area contributed by atoms with Crippen LogP contribution in [0.4, 0.5) is 18.9 Å². The molecule has 0 fully saturated rings. The molecule has 0 N–H and O–H groups in total. The van der Waals surface area contributed by atoms with Gasteiger partial charge in [-0.1, -0.05) is 12.1 Å². The molecule has 0 radical (unpaired) electrons. The molecule has 2 rings (SSSR count). The monoisotopic (exact) mass is 311 g/mol. The maximum Gasteiger partial charge on any atom is 0.573 e. The first kappa shape index (κ1) is 15.4. The predicted molar refractivity (Wildman–Crippen MR) is 78.6 cm³/mol. The highest BCUT2D eigenvalue weighted by molar-refractivity contribution is 7.98. The Kier molecular flexibility index (Phi) is 4.90. The number of halogens is 3. The highest BCUT2D eigenvalue weighted by Gasteiger charge is 2.30. The molecule has 0 saturated heterocycles. The molecular formula is C15H12F3NOS. The molecule has 0 amide bonds. The number of nitrogens with zero attached hydrogens (tertiary/aromatic N) is 1. The lowest BCUT2D eigenvalue weighted by atomic mass is 10.2. The van der Waals surface area contributed by atoms with Gasteiger partial charge in [0.2, 0.25) is 0 Å². The molecule has 110 valence electrons. The van der Waals surface area contributed by atoms with Gasteiger partial charge in [0.25, 0.3) is 0 Å². The molecule has 0 aliphatic rings. The molecule has 0 heterocycles. The Balaban J connectivity index is 2.03. The van der Waals surface area contributed by atoms with E-state index in [1.807, 2.05) is 30.5 Å². The Bertz CT molecular complexity index is 606. The summed E-state index contributed by atoms with van der Waals surface area (Å²) in [5, 5.41) is 0. The van der Waals surface area contributed by atoms with Gasteiger partial charge in [-0.25, -0.2) is 0 Å². The number of rotatable bonds is 4. The summed E-state index contributed by atoms with van der Waals surface area (Å²) in [6, 6.07) is 13.2. The summed E-state index contributed by atoms with van der Waals surface area (Å²) in [4.78, 5) is 5.35. The van der Waals surface area contributed by atoms with E-state index < -0.39 is 6.36 Å². The van der Waals surface area contributed by atoms with Crippen LogP contribution in [0.15, 0.2) is 58.4 Å². The molecule has 0 aromatic heterocycles. The van der Waals surface area contributed by atoms with Crippen molar-refractivity contribution >= 4 is 23.7 Å². The van der Waals surface area contributed by atoms with E-state index in [4.69, 9.17) is 0 Å². The Morgan fingerprint density at radius 1 is 1.00 bits per heavy atom. The minimum absolute atomic E-state index is 0.259. The lowest BCUT2D eigenvalue weighted by Crippen LogP contribution is -2.16. The molecule has 0 spiro atoms. The van der Waals surface area contributed by atoms with Crippen molar-refractivity contribution < 1.29 is 17.9 Å². The lowest BCUT2D eigenvalue weighted by molar-refractivity contribution is -0.274. The SMILES string of the molecule is CSc1ccc(C=Nc2ccc(OC(F)(F)F)cc2)cc1. The standard InChI is InChI=1S/C15H12F3NOS/c1-21-14-8-2-11(3-9-14)10-19-12-4-6-13(7-5-12)20-15(16,17)18/h2-10H,1H3. The number of thioether (sulfide) groups is 1. The molecule has 2 nitrogen and oxygen atoms in total. The first-order chi connectivity index (χ1) is 9.96. The third-order valence-corrected chi connectivity index (χ3v) is 3.29. The average molecular weight is 311 g/mol. The van der Waals surface area contributed by atoms with Crippen molar-refractivity contribution in [3.05, 3.63) is 54.1 Å². The van der Waals surface area contributed by atoms with Crippen LogP contribution in [0.3, 0.4) is 0 Å². The van der Waals surface area contributed by atoms with E-state index in [2.05, 4.69) is 9.73 Å². The number of aliphatic imine (C=N–C) groups is 1. The van der Waals surface area contributed by atoms with E-state index in [0.717, 1.165) is 10.5 Å². The van der Waals surface area contributed by atoms with Crippen molar-refractivity contribution in [1.29, 1.82) is 0 Å². The number of hydrogen-bond donors (Lipinski definition) is 0. The van der Waals surface area contributed by atoms with Crippen LogP contribution in [0, 0.1) is 0 Å². The fraction of sp³-hybridized carbons (Fsp3) is 0.133. The summed E-state index contributed by atoms with van der Waals surface area (Å²) in [5.41, 5.74) is 1.47. The second-order valence-corrected chi connectivity index (χ2v) is 4.95. The molecule has 2 aromatic rings. The van der Waals surface area contributed by atoms with E-state index in [1.165, 1.54) is 24.3 Å². The molecule has 0 bridgehead atoms. The smallest absolute Gasteiger partial charge is 0.406 e. The summed E-state index contributed by atoms with van der Waals surface area (Å²) in [7, 11) is 0. The van der Waals surface area contributed by atoms with Gasteiger partial charge >= 0.3 is 6.36 Å². The maximum atomic E-state index is 12.0. The van der Waals surface area contributed by atoms with E-state index in [-0.39, 0.29) is 5.75 Å². The summed E-state index contributed by atoms with van der Waals surface area (Å²) in [6.07, 6.45) is -1.03.